The third-order valence-corrected chi connectivity index (χ3v) is 2.62. The molecule has 1 fully saturated rings. The van der Waals surface area contributed by atoms with E-state index < -0.39 is 37.3 Å². The van der Waals surface area contributed by atoms with Crippen LogP contribution in [0.5, 0.6) is 0 Å². The molecule has 7 heteroatoms. The molecular formula is C9H20N2O5. The molecule has 7 N–H and O–H groups in total. The second-order valence-electron chi connectivity index (χ2n) is 3.85. The topological polar surface area (TPSA) is 128 Å². The van der Waals surface area contributed by atoms with Crippen LogP contribution in [0.3, 0.4) is 0 Å². The normalized spacial score (nSPS) is 39.9. The predicted octanol–water partition coefficient (Wildman–Crippen LogP) is -3.28. The molecule has 5 atom stereocenters. The minimum Gasteiger partial charge on any atom is -0.394 e. The fourth-order valence-electron chi connectivity index (χ4n) is 1.62. The Kier molecular flexibility index (Phi) is 5.56. The number of ether oxygens (including phenoxy) is 1. The maximum atomic E-state index is 9.61. The van der Waals surface area contributed by atoms with Gasteiger partial charge in [-0.3, -0.25) is 5.32 Å². The molecule has 0 spiro atoms. The lowest BCUT2D eigenvalue weighted by atomic mass is 9.98. The van der Waals surface area contributed by atoms with E-state index >= 15 is 0 Å². The molecule has 1 aliphatic rings. The van der Waals surface area contributed by atoms with Crippen LogP contribution in [0.1, 0.15) is 6.42 Å². The van der Waals surface area contributed by atoms with Crippen LogP contribution in [0.25, 0.3) is 0 Å². The molecule has 1 heterocycles. The Morgan fingerprint density at radius 2 is 1.81 bits per heavy atom. The summed E-state index contributed by atoms with van der Waals surface area (Å²) in [6.07, 6.45) is -4.84. The Bertz CT molecular complexity index is 204. The molecule has 16 heavy (non-hydrogen) atoms. The second kappa shape index (κ2) is 6.45. The average molecular weight is 236 g/mol. The Morgan fingerprint density at radius 1 is 1.12 bits per heavy atom. The minimum atomic E-state index is -1.33. The van der Waals surface area contributed by atoms with Gasteiger partial charge in [0.1, 0.15) is 30.6 Å². The average Bonchev–Trinajstić information content (AvgIpc) is 2.29. The first-order valence-electron chi connectivity index (χ1n) is 5.35. The highest BCUT2D eigenvalue weighted by molar-refractivity contribution is 4.90. The van der Waals surface area contributed by atoms with Crippen molar-refractivity contribution in [2.75, 3.05) is 19.7 Å². The molecular weight excluding hydrogens is 216 g/mol. The summed E-state index contributed by atoms with van der Waals surface area (Å²) in [5.41, 5.74) is 5.31. The zero-order chi connectivity index (χ0) is 12.1. The molecule has 0 aromatic carbocycles. The molecule has 0 aromatic heterocycles. The highest BCUT2D eigenvalue weighted by atomic mass is 16.6. The van der Waals surface area contributed by atoms with Crippen LogP contribution >= 0.6 is 0 Å². The van der Waals surface area contributed by atoms with Crippen molar-refractivity contribution in [3.05, 3.63) is 0 Å². The highest BCUT2D eigenvalue weighted by Crippen LogP contribution is 2.19. The first-order chi connectivity index (χ1) is 7.61. The van der Waals surface area contributed by atoms with Crippen LogP contribution < -0.4 is 11.1 Å². The van der Waals surface area contributed by atoms with Gasteiger partial charge < -0.3 is 30.9 Å². The van der Waals surface area contributed by atoms with Crippen molar-refractivity contribution in [1.82, 2.24) is 5.32 Å². The minimum absolute atomic E-state index is 0.417. The summed E-state index contributed by atoms with van der Waals surface area (Å²) in [5, 5.41) is 40.4. The number of nitrogens with two attached hydrogens (primary N) is 1. The van der Waals surface area contributed by atoms with E-state index in [1.54, 1.807) is 0 Å². The molecule has 0 aliphatic carbocycles. The van der Waals surface area contributed by atoms with Gasteiger partial charge in [-0.2, -0.15) is 0 Å². The highest BCUT2D eigenvalue weighted by Gasteiger charge is 2.42. The fraction of sp³-hybridized carbons (Fsp3) is 1.00. The largest absolute Gasteiger partial charge is 0.394 e. The van der Waals surface area contributed by atoms with E-state index in [1.165, 1.54) is 0 Å². The van der Waals surface area contributed by atoms with Gasteiger partial charge in [-0.15, -0.1) is 0 Å². The van der Waals surface area contributed by atoms with Crippen molar-refractivity contribution in [2.45, 2.75) is 37.1 Å². The Morgan fingerprint density at radius 3 is 2.38 bits per heavy atom. The summed E-state index contributed by atoms with van der Waals surface area (Å²) in [6.45, 7) is 0.615. The van der Waals surface area contributed by atoms with Crippen LogP contribution in [0.15, 0.2) is 0 Å². The summed E-state index contributed by atoms with van der Waals surface area (Å²) in [5.74, 6) is 0. The standard InChI is InChI=1S/C9H20N2O5/c10-2-1-3-11-9-8(15)7(14)6(13)5(4-12)16-9/h5-9,11-15H,1-4,10H2/t5?,6-,7+,8?,9+/m1/s1. The zero-order valence-corrected chi connectivity index (χ0v) is 8.99. The quantitative estimate of drug-likeness (QED) is 0.276. The monoisotopic (exact) mass is 236 g/mol. The summed E-state index contributed by atoms with van der Waals surface area (Å²) < 4.78 is 5.22. The summed E-state index contributed by atoms with van der Waals surface area (Å²) in [4.78, 5) is 0. The van der Waals surface area contributed by atoms with Gasteiger partial charge in [0.15, 0.2) is 0 Å². The maximum Gasteiger partial charge on any atom is 0.137 e. The summed E-state index contributed by atoms with van der Waals surface area (Å²) in [7, 11) is 0. The van der Waals surface area contributed by atoms with Gasteiger partial charge in [0.25, 0.3) is 0 Å². The summed E-state index contributed by atoms with van der Waals surface area (Å²) in [6, 6.07) is 0. The third-order valence-electron chi connectivity index (χ3n) is 2.62. The van der Waals surface area contributed by atoms with E-state index in [2.05, 4.69) is 5.32 Å². The van der Waals surface area contributed by atoms with E-state index in [0.29, 0.717) is 19.5 Å². The van der Waals surface area contributed by atoms with Crippen molar-refractivity contribution in [2.24, 2.45) is 5.73 Å². The van der Waals surface area contributed by atoms with Gasteiger partial charge in [0.2, 0.25) is 0 Å². The maximum absolute atomic E-state index is 9.61. The number of aliphatic hydroxyl groups is 4. The SMILES string of the molecule is NCCCN[C@H]1OC(CO)[C@@H](O)[C@H](O)C1O. The number of hydrogen-bond acceptors (Lipinski definition) is 7. The third kappa shape index (κ3) is 3.11. The molecule has 7 nitrogen and oxygen atoms in total. The van der Waals surface area contributed by atoms with Crippen molar-refractivity contribution in [3.63, 3.8) is 0 Å². The van der Waals surface area contributed by atoms with Crippen LogP contribution in [-0.2, 0) is 4.74 Å². The van der Waals surface area contributed by atoms with Gasteiger partial charge in [-0.05, 0) is 19.5 Å². The lowest BCUT2D eigenvalue weighted by Crippen LogP contribution is -2.62. The van der Waals surface area contributed by atoms with Gasteiger partial charge in [0.05, 0.1) is 6.61 Å². The van der Waals surface area contributed by atoms with Gasteiger partial charge in [-0.25, -0.2) is 0 Å². The molecule has 0 aromatic rings. The first kappa shape index (κ1) is 13.8. The number of rotatable bonds is 5. The van der Waals surface area contributed by atoms with Crippen LogP contribution in [0.2, 0.25) is 0 Å². The fourth-order valence-corrected chi connectivity index (χ4v) is 1.62. The van der Waals surface area contributed by atoms with E-state index in [9.17, 15) is 15.3 Å². The van der Waals surface area contributed by atoms with Gasteiger partial charge in [-0.1, -0.05) is 0 Å². The van der Waals surface area contributed by atoms with Crippen LogP contribution in [0.4, 0.5) is 0 Å². The first-order valence-corrected chi connectivity index (χ1v) is 5.35. The van der Waals surface area contributed by atoms with Crippen LogP contribution in [0, 0.1) is 0 Å². The van der Waals surface area contributed by atoms with E-state index in [4.69, 9.17) is 15.6 Å². The smallest absolute Gasteiger partial charge is 0.137 e. The molecule has 2 unspecified atom stereocenters. The molecule has 1 saturated heterocycles. The lowest BCUT2D eigenvalue weighted by molar-refractivity contribution is -0.236. The van der Waals surface area contributed by atoms with E-state index in [0.717, 1.165) is 0 Å². The molecule has 1 aliphatic heterocycles. The molecule has 96 valence electrons. The van der Waals surface area contributed by atoms with Crippen molar-refractivity contribution in [3.8, 4) is 0 Å². The second-order valence-corrected chi connectivity index (χ2v) is 3.85. The predicted molar refractivity (Wildman–Crippen MR) is 55.4 cm³/mol. The molecule has 0 amide bonds. The molecule has 0 saturated carbocycles. The molecule has 1 rings (SSSR count). The summed E-state index contributed by atoms with van der Waals surface area (Å²) >= 11 is 0. The van der Waals surface area contributed by atoms with Crippen molar-refractivity contribution >= 4 is 0 Å². The zero-order valence-electron chi connectivity index (χ0n) is 8.99. The van der Waals surface area contributed by atoms with Gasteiger partial charge >= 0.3 is 0 Å². The molecule has 0 radical (unpaired) electrons. The Hall–Kier alpha value is -0.280. The van der Waals surface area contributed by atoms with E-state index in [-0.39, 0.29) is 0 Å². The Labute approximate surface area is 93.8 Å². The van der Waals surface area contributed by atoms with E-state index in [1.807, 2.05) is 0 Å². The van der Waals surface area contributed by atoms with Crippen molar-refractivity contribution in [1.29, 1.82) is 0 Å². The Balaban J connectivity index is 2.50. The lowest BCUT2D eigenvalue weighted by Gasteiger charge is -2.40. The number of aliphatic hydroxyl groups excluding tert-OH is 4. The van der Waals surface area contributed by atoms with Crippen LogP contribution in [-0.4, -0.2) is 70.8 Å². The molecule has 0 bridgehead atoms. The number of nitrogens with one attached hydrogen (secondary N) is 1. The number of hydrogen-bond donors (Lipinski definition) is 6. The van der Waals surface area contributed by atoms with Gasteiger partial charge in [0, 0.05) is 0 Å². The van der Waals surface area contributed by atoms with Crippen molar-refractivity contribution < 1.29 is 25.2 Å².